The normalized spacial score (nSPS) is 35.4. The van der Waals surface area contributed by atoms with E-state index in [1.165, 1.54) is 0 Å². The Morgan fingerprint density at radius 3 is 2.79 bits per heavy atom. The molecule has 8 nitrogen and oxygen atoms in total. The van der Waals surface area contributed by atoms with Crippen LogP contribution in [0.5, 0.6) is 0 Å². The zero-order valence-electron chi connectivity index (χ0n) is 22.9. The predicted octanol–water partition coefficient (Wildman–Crippen LogP) is 3.45. The van der Waals surface area contributed by atoms with Crippen LogP contribution in [0.3, 0.4) is 0 Å². The Morgan fingerprint density at radius 1 is 1.21 bits per heavy atom. The van der Waals surface area contributed by atoms with E-state index in [4.69, 9.17) is 9.47 Å². The summed E-state index contributed by atoms with van der Waals surface area (Å²) in [6.07, 6.45) is 6.97. The van der Waals surface area contributed by atoms with Crippen LogP contribution in [0.2, 0.25) is 0 Å². The fourth-order valence-corrected chi connectivity index (χ4v) is 6.98. The number of carbonyl (C=O) groups is 3. The van der Waals surface area contributed by atoms with Gasteiger partial charge in [-0.3, -0.25) is 14.4 Å². The first-order valence-electron chi connectivity index (χ1n) is 14.2. The number of likely N-dealkylation sites (tertiary alicyclic amines) is 1. The van der Waals surface area contributed by atoms with Gasteiger partial charge in [0.15, 0.2) is 0 Å². The van der Waals surface area contributed by atoms with Crippen molar-refractivity contribution in [2.24, 2.45) is 23.7 Å². The highest BCUT2D eigenvalue weighted by molar-refractivity contribution is 6.02. The minimum absolute atomic E-state index is 0.0603. The Labute approximate surface area is 225 Å². The van der Waals surface area contributed by atoms with Gasteiger partial charge in [-0.25, -0.2) is 0 Å². The van der Waals surface area contributed by atoms with E-state index in [0.29, 0.717) is 43.7 Å². The lowest BCUT2D eigenvalue weighted by atomic mass is 9.73. The molecule has 0 aromatic heterocycles. The maximum absolute atomic E-state index is 14.0. The highest BCUT2D eigenvalue weighted by atomic mass is 16.5. The Morgan fingerprint density at radius 2 is 2.03 bits per heavy atom. The molecule has 3 heterocycles. The molecule has 2 N–H and O–H groups in total. The summed E-state index contributed by atoms with van der Waals surface area (Å²) in [5, 5.41) is 6.29. The highest BCUT2D eigenvalue weighted by Gasteiger charge is 2.72. The standard InChI is InChI=1S/C30H41N3O5/c1-5-37-16-8-15-33-26(28(35)32-22-12-7-10-19(3)20(22)4)30-14-13-23(38-30)24(25(30)29(33)36)27(34)31-21-11-6-9-18(2)17-21/h6,9,11,13-14,17,19-20,22-26H,5,7-8,10,12,15-16H2,1-4H3,(H,31,34)(H,32,35)/t19-,20-,22+,23+,24+,25+,26-,30-/m0/s1. The molecule has 0 unspecified atom stereocenters. The molecule has 0 radical (unpaired) electrons. The van der Waals surface area contributed by atoms with Crippen molar-refractivity contribution in [2.45, 2.75) is 77.2 Å². The molecule has 8 heteroatoms. The lowest BCUT2D eigenvalue weighted by Gasteiger charge is -2.38. The number of rotatable bonds is 9. The van der Waals surface area contributed by atoms with Crippen molar-refractivity contribution in [3.8, 4) is 0 Å². The molecule has 2 saturated heterocycles. The molecule has 1 saturated carbocycles. The van der Waals surface area contributed by atoms with E-state index < -0.39 is 29.6 Å². The molecule has 8 atom stereocenters. The third-order valence-electron chi connectivity index (χ3n) is 9.14. The third kappa shape index (κ3) is 4.66. The van der Waals surface area contributed by atoms with Crippen LogP contribution in [0.15, 0.2) is 36.4 Å². The Kier molecular flexibility index (Phi) is 7.65. The topological polar surface area (TPSA) is 97.0 Å². The third-order valence-corrected chi connectivity index (χ3v) is 9.14. The number of aryl methyl sites for hydroxylation is 1. The summed E-state index contributed by atoms with van der Waals surface area (Å²) in [5.41, 5.74) is 0.573. The fraction of sp³-hybridized carbons (Fsp3) is 0.633. The molecular formula is C30H41N3O5. The van der Waals surface area contributed by atoms with E-state index in [2.05, 4.69) is 24.5 Å². The molecule has 3 fully saturated rings. The van der Waals surface area contributed by atoms with E-state index in [-0.39, 0.29) is 23.8 Å². The zero-order chi connectivity index (χ0) is 27.0. The molecule has 3 aliphatic heterocycles. The number of amides is 3. The minimum Gasteiger partial charge on any atom is -0.382 e. The number of anilines is 1. The van der Waals surface area contributed by atoms with Crippen LogP contribution in [-0.2, 0) is 23.9 Å². The van der Waals surface area contributed by atoms with Crippen LogP contribution in [0.1, 0.15) is 52.0 Å². The van der Waals surface area contributed by atoms with Gasteiger partial charge >= 0.3 is 0 Å². The molecule has 5 rings (SSSR count). The number of nitrogens with zero attached hydrogens (tertiary/aromatic N) is 1. The monoisotopic (exact) mass is 523 g/mol. The summed E-state index contributed by atoms with van der Waals surface area (Å²) in [4.78, 5) is 43.2. The van der Waals surface area contributed by atoms with Gasteiger partial charge in [0, 0.05) is 31.5 Å². The first-order valence-corrected chi connectivity index (χ1v) is 14.2. The van der Waals surface area contributed by atoms with E-state index in [1.807, 2.05) is 50.3 Å². The first-order chi connectivity index (χ1) is 18.3. The second-order valence-corrected chi connectivity index (χ2v) is 11.5. The molecule has 1 aromatic rings. The number of hydrogen-bond donors (Lipinski definition) is 2. The summed E-state index contributed by atoms with van der Waals surface area (Å²) >= 11 is 0. The molecule has 4 aliphatic rings. The van der Waals surface area contributed by atoms with Gasteiger partial charge in [0.25, 0.3) is 0 Å². The van der Waals surface area contributed by atoms with Crippen molar-refractivity contribution in [2.75, 3.05) is 25.1 Å². The van der Waals surface area contributed by atoms with Crippen LogP contribution in [0.4, 0.5) is 5.69 Å². The average Bonchev–Trinajstić information content (AvgIpc) is 3.52. The largest absolute Gasteiger partial charge is 0.382 e. The predicted molar refractivity (Wildman–Crippen MR) is 144 cm³/mol. The molecular weight excluding hydrogens is 482 g/mol. The van der Waals surface area contributed by atoms with Crippen molar-refractivity contribution < 1.29 is 23.9 Å². The summed E-state index contributed by atoms with van der Waals surface area (Å²) in [6.45, 7) is 9.79. The molecule has 38 heavy (non-hydrogen) atoms. The Hall–Kier alpha value is -2.71. The van der Waals surface area contributed by atoms with E-state index >= 15 is 0 Å². The number of carbonyl (C=O) groups excluding carboxylic acids is 3. The zero-order valence-corrected chi connectivity index (χ0v) is 22.9. The minimum atomic E-state index is -1.14. The summed E-state index contributed by atoms with van der Waals surface area (Å²) < 4.78 is 12.0. The lowest BCUT2D eigenvalue weighted by molar-refractivity contribution is -0.141. The van der Waals surface area contributed by atoms with Crippen molar-refractivity contribution in [1.29, 1.82) is 0 Å². The average molecular weight is 524 g/mol. The molecule has 3 amide bonds. The van der Waals surface area contributed by atoms with Crippen LogP contribution < -0.4 is 10.6 Å². The molecule has 1 aliphatic carbocycles. The second kappa shape index (κ2) is 10.8. The van der Waals surface area contributed by atoms with Crippen molar-refractivity contribution in [3.05, 3.63) is 42.0 Å². The molecule has 2 bridgehead atoms. The Balaban J connectivity index is 1.41. The first kappa shape index (κ1) is 26.9. The van der Waals surface area contributed by atoms with Crippen molar-refractivity contribution in [1.82, 2.24) is 10.2 Å². The fourth-order valence-electron chi connectivity index (χ4n) is 6.98. The van der Waals surface area contributed by atoms with Crippen LogP contribution >= 0.6 is 0 Å². The van der Waals surface area contributed by atoms with Crippen LogP contribution in [-0.4, -0.2) is 66.2 Å². The van der Waals surface area contributed by atoms with E-state index in [9.17, 15) is 14.4 Å². The Bertz CT molecular complexity index is 1110. The van der Waals surface area contributed by atoms with Gasteiger partial charge in [-0.05, 0) is 56.2 Å². The van der Waals surface area contributed by atoms with Gasteiger partial charge in [-0.2, -0.15) is 0 Å². The number of benzene rings is 1. The van der Waals surface area contributed by atoms with Gasteiger partial charge in [-0.15, -0.1) is 0 Å². The second-order valence-electron chi connectivity index (χ2n) is 11.5. The molecule has 1 aromatic carbocycles. The lowest BCUT2D eigenvalue weighted by Crippen LogP contribution is -2.58. The summed E-state index contributed by atoms with van der Waals surface area (Å²) in [7, 11) is 0. The van der Waals surface area contributed by atoms with Crippen LogP contribution in [0, 0.1) is 30.6 Å². The molecule has 1 spiro atoms. The van der Waals surface area contributed by atoms with Gasteiger partial charge < -0.3 is 25.0 Å². The highest BCUT2D eigenvalue weighted by Crippen LogP contribution is 2.55. The van der Waals surface area contributed by atoms with Crippen molar-refractivity contribution in [3.63, 3.8) is 0 Å². The number of nitrogens with one attached hydrogen (secondary N) is 2. The van der Waals surface area contributed by atoms with E-state index in [0.717, 1.165) is 24.8 Å². The maximum Gasteiger partial charge on any atom is 0.246 e. The number of fused-ring (bicyclic) bond motifs is 1. The van der Waals surface area contributed by atoms with E-state index in [1.54, 1.807) is 4.90 Å². The van der Waals surface area contributed by atoms with Gasteiger partial charge in [-0.1, -0.05) is 51.0 Å². The maximum atomic E-state index is 14.0. The van der Waals surface area contributed by atoms with Crippen LogP contribution in [0.25, 0.3) is 0 Å². The number of hydrogen-bond acceptors (Lipinski definition) is 5. The number of ether oxygens (including phenoxy) is 2. The van der Waals surface area contributed by atoms with Crippen molar-refractivity contribution >= 4 is 23.4 Å². The quantitative estimate of drug-likeness (QED) is 0.382. The summed E-state index contributed by atoms with van der Waals surface area (Å²) in [5.74, 6) is -1.19. The molecule has 206 valence electrons. The summed E-state index contributed by atoms with van der Waals surface area (Å²) in [6, 6.07) is 6.83. The van der Waals surface area contributed by atoms with Gasteiger partial charge in [0.1, 0.15) is 11.6 Å². The van der Waals surface area contributed by atoms with Gasteiger partial charge in [0.2, 0.25) is 17.7 Å². The van der Waals surface area contributed by atoms with Gasteiger partial charge in [0.05, 0.1) is 17.9 Å². The SMILES string of the molecule is CCOCCCN1C(=O)[C@H]2[C@H](C(=O)Nc3cccc(C)c3)[C@H]3C=C[C@@]2(O3)[C@@H]1C(=O)N[C@@H]1CCC[C@H](C)[C@@H]1C. The smallest absolute Gasteiger partial charge is 0.246 e.